The number of hydrogen-bond donors (Lipinski definition) is 1. The minimum Gasteiger partial charge on any atom is -0.497 e. The molecule has 0 radical (unpaired) electrons. The molecule has 2 aromatic heterocycles. The Kier molecular flexibility index (Phi) is 8.00. The number of hydrogen-bond acceptors (Lipinski definition) is 4. The van der Waals surface area contributed by atoms with Crippen LogP contribution in [0.5, 0.6) is 5.75 Å². The van der Waals surface area contributed by atoms with Gasteiger partial charge in [0, 0.05) is 37.6 Å². The summed E-state index contributed by atoms with van der Waals surface area (Å²) >= 11 is 0. The number of alkyl halides is 3. The molecule has 1 saturated heterocycles. The van der Waals surface area contributed by atoms with E-state index in [1.807, 2.05) is 25.1 Å². The maximum Gasteiger partial charge on any atom is 0.416 e. The molecular formula is C31H33F3N4O2. The molecule has 1 aromatic carbocycles. The minimum atomic E-state index is -4.32. The molecule has 0 spiro atoms. The summed E-state index contributed by atoms with van der Waals surface area (Å²) in [5.74, 6) is 0.792. The molecular weight excluding hydrogens is 517 g/mol. The van der Waals surface area contributed by atoms with Crippen molar-refractivity contribution in [3.63, 3.8) is 0 Å². The molecule has 5 rings (SSSR count). The summed E-state index contributed by atoms with van der Waals surface area (Å²) in [4.78, 5) is 20.0. The molecule has 0 saturated carbocycles. The molecule has 210 valence electrons. The number of nitrogens with one attached hydrogen (secondary N) is 1. The van der Waals surface area contributed by atoms with Crippen LogP contribution >= 0.6 is 0 Å². The number of fused-ring (bicyclic) bond motifs is 1. The first-order chi connectivity index (χ1) is 19.3. The number of imidazole rings is 1. The fraction of sp³-hybridized carbons (Fsp3) is 0.355. The van der Waals surface area contributed by atoms with E-state index in [1.165, 1.54) is 12.2 Å². The van der Waals surface area contributed by atoms with Crippen LogP contribution < -0.4 is 15.0 Å². The number of aryl methyl sites for hydroxylation is 1. The van der Waals surface area contributed by atoms with Gasteiger partial charge in [0.1, 0.15) is 17.1 Å². The Morgan fingerprint density at radius 2 is 1.88 bits per heavy atom. The lowest BCUT2D eigenvalue weighted by Gasteiger charge is -2.34. The predicted molar refractivity (Wildman–Crippen MR) is 150 cm³/mol. The first kappa shape index (κ1) is 27.6. The average Bonchev–Trinajstić information content (AvgIpc) is 3.14. The third-order valence-corrected chi connectivity index (χ3v) is 7.68. The van der Waals surface area contributed by atoms with Crippen molar-refractivity contribution in [3.8, 4) is 5.75 Å². The van der Waals surface area contributed by atoms with Crippen molar-refractivity contribution in [1.82, 2.24) is 14.7 Å². The molecule has 1 aliphatic carbocycles. The summed E-state index contributed by atoms with van der Waals surface area (Å²) in [5.41, 5.74) is 4.50. The molecule has 1 fully saturated rings. The number of allylic oxidation sites excluding steroid dienone is 6. The number of piperidine rings is 1. The second kappa shape index (κ2) is 11.6. The highest BCUT2D eigenvalue weighted by molar-refractivity contribution is 5.94. The van der Waals surface area contributed by atoms with Crippen molar-refractivity contribution >= 4 is 17.2 Å². The van der Waals surface area contributed by atoms with Gasteiger partial charge < -0.3 is 15.0 Å². The zero-order valence-corrected chi connectivity index (χ0v) is 22.7. The van der Waals surface area contributed by atoms with Gasteiger partial charge in [0.15, 0.2) is 0 Å². The van der Waals surface area contributed by atoms with E-state index in [0.29, 0.717) is 36.5 Å². The standard InChI is InChI=1S/C31H33F3N4O2/c1-3-27-29(38-18-15-26(40-2)19-28(38)36-27)30(39)35-20-21-7-11-25(12-8-21)37-16-13-23(14-17-37)22-5-4-6-24(10-9-22)31(32,33)34/h4,6-12,15,18-19,23H,3,5,13-14,16-17,20H2,1-2H3,(H,35,39). The Hall–Kier alpha value is -4.01. The number of nitrogens with zero attached hydrogens (tertiary/aromatic N) is 3. The Balaban J connectivity index is 1.17. The summed E-state index contributed by atoms with van der Waals surface area (Å²) in [5, 5.41) is 3.02. The molecule has 3 heterocycles. The van der Waals surface area contributed by atoms with Crippen molar-refractivity contribution < 1.29 is 22.7 Å². The van der Waals surface area contributed by atoms with E-state index in [-0.39, 0.29) is 11.8 Å². The topological polar surface area (TPSA) is 58.9 Å². The van der Waals surface area contributed by atoms with Gasteiger partial charge in [-0.1, -0.05) is 48.9 Å². The van der Waals surface area contributed by atoms with Gasteiger partial charge in [-0.05, 0) is 55.4 Å². The lowest BCUT2D eigenvalue weighted by atomic mass is 9.87. The fourth-order valence-electron chi connectivity index (χ4n) is 5.42. The SMILES string of the molecule is CCc1nc2cc(OC)ccn2c1C(=O)NCc1ccc(N2CCC(C3=CC=C(C(F)(F)F)C=CC3)CC2)cc1. The van der Waals surface area contributed by atoms with E-state index in [2.05, 4.69) is 27.3 Å². The average molecular weight is 551 g/mol. The molecule has 1 amide bonds. The van der Waals surface area contributed by atoms with Crippen LogP contribution in [0.1, 0.15) is 47.9 Å². The molecule has 6 nitrogen and oxygen atoms in total. The van der Waals surface area contributed by atoms with Crippen molar-refractivity contribution in [3.05, 3.63) is 95.0 Å². The highest BCUT2D eigenvalue weighted by Gasteiger charge is 2.32. The second-order valence-electron chi connectivity index (χ2n) is 10.1. The lowest BCUT2D eigenvalue weighted by molar-refractivity contribution is -0.0881. The number of halogens is 3. The van der Waals surface area contributed by atoms with Crippen LogP contribution in [0.2, 0.25) is 0 Å². The number of benzene rings is 1. The van der Waals surface area contributed by atoms with Crippen LogP contribution in [-0.2, 0) is 13.0 Å². The number of carbonyl (C=O) groups excluding carboxylic acids is 1. The molecule has 1 N–H and O–H groups in total. The summed E-state index contributed by atoms with van der Waals surface area (Å²) < 4.78 is 46.2. The van der Waals surface area contributed by atoms with Crippen molar-refractivity contribution in [2.24, 2.45) is 5.92 Å². The van der Waals surface area contributed by atoms with E-state index in [1.54, 1.807) is 35.9 Å². The molecule has 0 bridgehead atoms. The molecule has 2 aliphatic rings. The molecule has 1 aliphatic heterocycles. The Bertz CT molecular complexity index is 1460. The maximum atomic E-state index is 13.1. The first-order valence-corrected chi connectivity index (χ1v) is 13.6. The van der Waals surface area contributed by atoms with Gasteiger partial charge in [-0.25, -0.2) is 4.98 Å². The summed E-state index contributed by atoms with van der Waals surface area (Å²) in [7, 11) is 1.60. The fourth-order valence-corrected chi connectivity index (χ4v) is 5.42. The summed E-state index contributed by atoms with van der Waals surface area (Å²) in [6, 6.07) is 11.8. The van der Waals surface area contributed by atoms with Crippen LogP contribution in [0.15, 0.2) is 78.0 Å². The smallest absolute Gasteiger partial charge is 0.416 e. The Morgan fingerprint density at radius 3 is 2.55 bits per heavy atom. The van der Waals surface area contributed by atoms with Crippen molar-refractivity contribution in [2.45, 2.75) is 45.3 Å². The number of anilines is 1. The number of carbonyl (C=O) groups is 1. The molecule has 9 heteroatoms. The van der Waals surface area contributed by atoms with Crippen molar-refractivity contribution in [2.75, 3.05) is 25.1 Å². The van der Waals surface area contributed by atoms with Gasteiger partial charge in [0.05, 0.1) is 18.4 Å². The van der Waals surface area contributed by atoms with Gasteiger partial charge in [-0.15, -0.1) is 0 Å². The third-order valence-electron chi connectivity index (χ3n) is 7.68. The molecule has 0 atom stereocenters. The van der Waals surface area contributed by atoms with E-state index >= 15 is 0 Å². The van der Waals surface area contributed by atoms with Crippen LogP contribution in [0.4, 0.5) is 18.9 Å². The van der Waals surface area contributed by atoms with Gasteiger partial charge in [-0.2, -0.15) is 13.2 Å². The zero-order chi connectivity index (χ0) is 28.3. The number of methoxy groups -OCH3 is 1. The van der Waals surface area contributed by atoms with E-state index in [9.17, 15) is 18.0 Å². The van der Waals surface area contributed by atoms with Crippen LogP contribution in [0.3, 0.4) is 0 Å². The molecule has 40 heavy (non-hydrogen) atoms. The largest absolute Gasteiger partial charge is 0.497 e. The van der Waals surface area contributed by atoms with E-state index in [4.69, 9.17) is 4.74 Å². The predicted octanol–water partition coefficient (Wildman–Crippen LogP) is 6.43. The van der Waals surface area contributed by atoms with E-state index in [0.717, 1.165) is 48.4 Å². The second-order valence-corrected chi connectivity index (χ2v) is 10.1. The first-order valence-electron chi connectivity index (χ1n) is 13.6. The van der Waals surface area contributed by atoms with Crippen LogP contribution in [-0.4, -0.2) is 41.7 Å². The highest BCUT2D eigenvalue weighted by Crippen LogP contribution is 2.34. The maximum absolute atomic E-state index is 13.1. The number of amides is 1. The monoisotopic (exact) mass is 550 g/mol. The minimum absolute atomic E-state index is 0.180. The van der Waals surface area contributed by atoms with Gasteiger partial charge in [0.25, 0.3) is 5.91 Å². The Labute approximate surface area is 231 Å². The quantitative estimate of drug-likeness (QED) is 0.369. The zero-order valence-electron chi connectivity index (χ0n) is 22.7. The van der Waals surface area contributed by atoms with Crippen LogP contribution in [0, 0.1) is 5.92 Å². The van der Waals surface area contributed by atoms with Gasteiger partial charge in [-0.3, -0.25) is 9.20 Å². The summed E-state index contributed by atoms with van der Waals surface area (Å²) in [6.07, 6.45) is 6.15. The number of aromatic nitrogens is 2. The number of rotatable bonds is 7. The summed E-state index contributed by atoms with van der Waals surface area (Å²) in [6.45, 7) is 4.05. The molecule has 3 aromatic rings. The lowest BCUT2D eigenvalue weighted by Crippen LogP contribution is -2.34. The number of pyridine rings is 1. The number of ether oxygens (including phenoxy) is 1. The van der Waals surface area contributed by atoms with Crippen molar-refractivity contribution in [1.29, 1.82) is 0 Å². The molecule has 0 unspecified atom stereocenters. The highest BCUT2D eigenvalue weighted by atomic mass is 19.4. The van der Waals surface area contributed by atoms with Crippen LogP contribution in [0.25, 0.3) is 5.65 Å². The Morgan fingerprint density at radius 1 is 1.12 bits per heavy atom. The van der Waals surface area contributed by atoms with E-state index < -0.39 is 11.7 Å². The van der Waals surface area contributed by atoms with Gasteiger partial charge >= 0.3 is 6.18 Å². The van der Waals surface area contributed by atoms with Gasteiger partial charge in [0.2, 0.25) is 0 Å². The third kappa shape index (κ3) is 5.93. The normalized spacial score (nSPS) is 16.5.